The minimum atomic E-state index is 1.04. The van der Waals surface area contributed by atoms with Crippen LogP contribution >= 0.6 is 0 Å². The molecule has 1 aliphatic carbocycles. The first-order chi connectivity index (χ1) is 21.9. The molecule has 0 bridgehead atoms. The lowest BCUT2D eigenvalue weighted by molar-refractivity contribution is 0.888. The van der Waals surface area contributed by atoms with Crippen molar-refractivity contribution in [3.63, 3.8) is 0 Å². The quantitative estimate of drug-likeness (QED) is 0.186. The first-order valence-electron chi connectivity index (χ1n) is 15.5. The van der Waals surface area contributed by atoms with Crippen LogP contribution in [0.3, 0.4) is 0 Å². The van der Waals surface area contributed by atoms with Gasteiger partial charge in [-0.1, -0.05) is 109 Å². The van der Waals surface area contributed by atoms with Crippen LogP contribution in [0.25, 0.3) is 82.5 Å². The second-order valence-corrected chi connectivity index (χ2v) is 12.0. The van der Waals surface area contributed by atoms with Crippen LogP contribution in [0, 0.1) is 0 Å². The van der Waals surface area contributed by atoms with E-state index in [2.05, 4.69) is 155 Å². The number of hydrogen-bond acceptors (Lipinski definition) is 0. The van der Waals surface area contributed by atoms with Gasteiger partial charge in [-0.05, 0) is 76.2 Å². The molecule has 2 heterocycles. The number of para-hydroxylation sites is 2. The fraction of sp³-hybridized carbons (Fsp3) is 0.0476. The van der Waals surface area contributed by atoms with Crippen LogP contribution in [0.15, 0.2) is 140 Å². The van der Waals surface area contributed by atoms with Crippen molar-refractivity contribution in [2.75, 3.05) is 0 Å². The van der Waals surface area contributed by atoms with Gasteiger partial charge in [0.1, 0.15) is 0 Å². The summed E-state index contributed by atoms with van der Waals surface area (Å²) in [6, 6.07) is 49.3. The third-order valence-electron chi connectivity index (χ3n) is 9.74. The van der Waals surface area contributed by atoms with Crippen LogP contribution in [-0.2, 0) is 6.42 Å². The largest absolute Gasteiger partial charge is 0.313 e. The molecule has 9 aromatic rings. The predicted molar refractivity (Wildman–Crippen MR) is 187 cm³/mol. The van der Waals surface area contributed by atoms with Crippen molar-refractivity contribution >= 4 is 71.1 Å². The van der Waals surface area contributed by atoms with Gasteiger partial charge < -0.3 is 9.13 Å². The third-order valence-corrected chi connectivity index (χ3v) is 9.74. The summed E-state index contributed by atoms with van der Waals surface area (Å²) < 4.78 is 5.02. The second kappa shape index (κ2) is 8.95. The molecule has 0 atom stereocenters. The SMILES string of the molecule is C1=Cc2c(n(-c3ccccc3)c3cc4c(cc23)c2ccccc2n4-c2cccc3c4ccccc4c4ccccc4c23)CC1. The summed E-state index contributed by atoms with van der Waals surface area (Å²) >= 11 is 0. The lowest BCUT2D eigenvalue weighted by Crippen LogP contribution is -2.02. The van der Waals surface area contributed by atoms with E-state index in [4.69, 9.17) is 0 Å². The average molecular weight is 561 g/mol. The molecule has 0 saturated carbocycles. The van der Waals surface area contributed by atoms with E-state index in [0.29, 0.717) is 0 Å². The molecular formula is C42H28N2. The summed E-state index contributed by atoms with van der Waals surface area (Å²) in [5.74, 6) is 0. The minimum absolute atomic E-state index is 1.04. The molecule has 7 aromatic carbocycles. The summed E-state index contributed by atoms with van der Waals surface area (Å²) in [6.07, 6.45) is 6.79. The van der Waals surface area contributed by atoms with Gasteiger partial charge in [-0.2, -0.15) is 0 Å². The molecule has 2 heteroatoms. The van der Waals surface area contributed by atoms with Crippen molar-refractivity contribution in [3.05, 3.63) is 151 Å². The Balaban J connectivity index is 1.41. The van der Waals surface area contributed by atoms with Crippen LogP contribution < -0.4 is 0 Å². The number of fused-ring (bicyclic) bond motifs is 12. The molecule has 0 saturated heterocycles. The fourth-order valence-corrected chi connectivity index (χ4v) is 7.93. The van der Waals surface area contributed by atoms with E-state index >= 15 is 0 Å². The number of allylic oxidation sites excluding steroid dienone is 1. The van der Waals surface area contributed by atoms with Crippen LogP contribution in [0.5, 0.6) is 0 Å². The standard InChI is InChI=1S/C42H28N2/c1-2-13-27(14-3-1)43-37-22-10-8-18-31(37)35-25-36-32-19-9-11-23-38(32)44(41(36)26-40(35)43)39-24-12-21-34-30-16-5-4-15-28(30)29-17-6-7-20-33(29)42(34)39/h1-9,11-21,23-26H,10,22H2. The predicted octanol–water partition coefficient (Wildman–Crippen LogP) is 11.1. The van der Waals surface area contributed by atoms with Crippen LogP contribution in [-0.4, -0.2) is 9.13 Å². The molecule has 0 fully saturated rings. The molecule has 0 spiro atoms. The zero-order valence-corrected chi connectivity index (χ0v) is 24.2. The van der Waals surface area contributed by atoms with Gasteiger partial charge in [0, 0.05) is 38.5 Å². The molecule has 0 N–H and O–H groups in total. The van der Waals surface area contributed by atoms with Crippen LogP contribution in [0.2, 0.25) is 0 Å². The zero-order chi connectivity index (χ0) is 28.8. The molecule has 206 valence electrons. The van der Waals surface area contributed by atoms with Crippen molar-refractivity contribution < 1.29 is 0 Å². The Bertz CT molecular complexity index is 2600. The van der Waals surface area contributed by atoms with E-state index in [0.717, 1.165) is 12.8 Å². The molecule has 0 aliphatic heterocycles. The molecule has 10 rings (SSSR count). The van der Waals surface area contributed by atoms with E-state index in [-0.39, 0.29) is 0 Å². The molecule has 0 amide bonds. The van der Waals surface area contributed by atoms with Gasteiger partial charge in [0.2, 0.25) is 0 Å². The minimum Gasteiger partial charge on any atom is -0.313 e. The number of nitrogens with zero attached hydrogens (tertiary/aromatic N) is 2. The van der Waals surface area contributed by atoms with Gasteiger partial charge in [-0.3, -0.25) is 0 Å². The number of aromatic nitrogens is 2. The Morgan fingerprint density at radius 3 is 1.82 bits per heavy atom. The highest BCUT2D eigenvalue weighted by Gasteiger charge is 2.23. The van der Waals surface area contributed by atoms with Crippen molar-refractivity contribution in [2.24, 2.45) is 0 Å². The Hall–Kier alpha value is -5.60. The Morgan fingerprint density at radius 2 is 1.05 bits per heavy atom. The van der Waals surface area contributed by atoms with Crippen molar-refractivity contribution in [2.45, 2.75) is 12.8 Å². The van der Waals surface area contributed by atoms with E-state index in [1.54, 1.807) is 0 Å². The van der Waals surface area contributed by atoms with Crippen molar-refractivity contribution in [3.8, 4) is 11.4 Å². The lowest BCUT2D eigenvalue weighted by Gasteiger charge is -2.16. The number of benzene rings is 7. The molecule has 0 unspecified atom stereocenters. The molecule has 0 radical (unpaired) electrons. The molecule has 2 aromatic heterocycles. The van der Waals surface area contributed by atoms with Crippen LogP contribution in [0.1, 0.15) is 17.7 Å². The highest BCUT2D eigenvalue weighted by atomic mass is 15.0. The smallest absolute Gasteiger partial charge is 0.0562 e. The Morgan fingerprint density at radius 1 is 0.432 bits per heavy atom. The highest BCUT2D eigenvalue weighted by molar-refractivity contribution is 6.28. The van der Waals surface area contributed by atoms with Gasteiger partial charge in [-0.15, -0.1) is 0 Å². The molecule has 1 aliphatic rings. The lowest BCUT2D eigenvalue weighted by atomic mass is 9.93. The average Bonchev–Trinajstić information content (AvgIpc) is 3.59. The van der Waals surface area contributed by atoms with Gasteiger partial charge in [0.05, 0.1) is 22.2 Å². The van der Waals surface area contributed by atoms with E-state index < -0.39 is 0 Å². The first kappa shape index (κ1) is 23.9. The topological polar surface area (TPSA) is 9.86 Å². The summed E-state index contributed by atoms with van der Waals surface area (Å²) in [5, 5.41) is 11.7. The van der Waals surface area contributed by atoms with Crippen molar-refractivity contribution in [1.29, 1.82) is 0 Å². The maximum atomic E-state index is 2.52. The van der Waals surface area contributed by atoms with E-state index in [9.17, 15) is 0 Å². The Labute approximate surface area is 254 Å². The van der Waals surface area contributed by atoms with Gasteiger partial charge in [-0.25, -0.2) is 0 Å². The maximum Gasteiger partial charge on any atom is 0.0562 e. The van der Waals surface area contributed by atoms with E-state index in [1.165, 1.54) is 87.7 Å². The maximum absolute atomic E-state index is 2.52. The number of rotatable bonds is 2. The molecular weight excluding hydrogens is 532 g/mol. The summed E-state index contributed by atoms with van der Waals surface area (Å²) in [5.41, 5.74) is 8.93. The zero-order valence-electron chi connectivity index (χ0n) is 24.2. The first-order valence-corrected chi connectivity index (χ1v) is 15.5. The van der Waals surface area contributed by atoms with Gasteiger partial charge in [0.15, 0.2) is 0 Å². The second-order valence-electron chi connectivity index (χ2n) is 12.0. The fourth-order valence-electron chi connectivity index (χ4n) is 7.93. The van der Waals surface area contributed by atoms with Gasteiger partial charge in [0.25, 0.3) is 0 Å². The molecule has 44 heavy (non-hydrogen) atoms. The monoisotopic (exact) mass is 560 g/mol. The van der Waals surface area contributed by atoms with Crippen LogP contribution in [0.4, 0.5) is 0 Å². The highest BCUT2D eigenvalue weighted by Crippen LogP contribution is 2.43. The van der Waals surface area contributed by atoms with E-state index in [1.807, 2.05) is 0 Å². The van der Waals surface area contributed by atoms with Gasteiger partial charge >= 0.3 is 0 Å². The summed E-state index contributed by atoms with van der Waals surface area (Å²) in [6.45, 7) is 0. The third kappa shape index (κ3) is 3.15. The van der Waals surface area contributed by atoms with Crippen molar-refractivity contribution in [1.82, 2.24) is 9.13 Å². The number of hydrogen-bond donors (Lipinski definition) is 0. The molecule has 2 nitrogen and oxygen atoms in total. The normalized spacial score (nSPS) is 13.2. The summed E-state index contributed by atoms with van der Waals surface area (Å²) in [7, 11) is 0. The Kier molecular flexibility index (Phi) is 4.86. The summed E-state index contributed by atoms with van der Waals surface area (Å²) in [4.78, 5) is 0.